The summed E-state index contributed by atoms with van der Waals surface area (Å²) in [6, 6.07) is 12.7. The van der Waals surface area contributed by atoms with E-state index in [2.05, 4.69) is 5.32 Å². The molecule has 0 bridgehead atoms. The average Bonchev–Trinajstić information content (AvgIpc) is 2.56. The predicted molar refractivity (Wildman–Crippen MR) is 89.2 cm³/mol. The quantitative estimate of drug-likeness (QED) is 0.796. The van der Waals surface area contributed by atoms with Gasteiger partial charge in [0.2, 0.25) is 0 Å². The van der Waals surface area contributed by atoms with Crippen molar-refractivity contribution in [2.45, 2.75) is 20.0 Å². The Morgan fingerprint density at radius 3 is 2.62 bits per heavy atom. The van der Waals surface area contributed by atoms with Gasteiger partial charge in [0.15, 0.2) is 6.10 Å². The van der Waals surface area contributed by atoms with Crippen LogP contribution in [0.4, 0.5) is 5.69 Å². The van der Waals surface area contributed by atoms with Gasteiger partial charge in [0.05, 0.1) is 17.9 Å². The van der Waals surface area contributed by atoms with Gasteiger partial charge in [0, 0.05) is 0 Å². The van der Waals surface area contributed by atoms with Gasteiger partial charge in [-0.15, -0.1) is 0 Å². The first-order valence-corrected chi connectivity index (χ1v) is 7.54. The molecule has 0 aliphatic rings. The van der Waals surface area contributed by atoms with E-state index in [-0.39, 0.29) is 11.3 Å². The molecule has 1 amide bonds. The number of carbonyl (C=O) groups is 2. The third-order valence-electron chi connectivity index (χ3n) is 3.18. The molecule has 2 aromatic carbocycles. The highest BCUT2D eigenvalue weighted by molar-refractivity contribution is 5.98. The standard InChI is InChI=1S/C18H19NO5/c1-3-23-16-10-5-4-9-15(16)19-17(21)12(2)24-18(22)13-7-6-8-14(20)11-13/h4-12,20H,3H2,1-2H3,(H,19,21). The maximum absolute atomic E-state index is 12.2. The van der Waals surface area contributed by atoms with Crippen LogP contribution in [0, 0.1) is 0 Å². The summed E-state index contributed by atoms with van der Waals surface area (Å²) >= 11 is 0. The number of hydrogen-bond acceptors (Lipinski definition) is 5. The number of nitrogens with one attached hydrogen (secondary N) is 1. The molecule has 0 heterocycles. The molecule has 0 aromatic heterocycles. The summed E-state index contributed by atoms with van der Waals surface area (Å²) in [4.78, 5) is 24.2. The van der Waals surface area contributed by atoms with E-state index in [1.54, 1.807) is 24.3 Å². The highest BCUT2D eigenvalue weighted by atomic mass is 16.5. The lowest BCUT2D eigenvalue weighted by Gasteiger charge is -2.15. The van der Waals surface area contributed by atoms with Crippen molar-refractivity contribution < 1.29 is 24.2 Å². The van der Waals surface area contributed by atoms with Crippen molar-refractivity contribution in [1.29, 1.82) is 0 Å². The van der Waals surface area contributed by atoms with Crippen molar-refractivity contribution in [3.05, 3.63) is 54.1 Å². The molecule has 0 aliphatic heterocycles. The summed E-state index contributed by atoms with van der Waals surface area (Å²) in [6.07, 6.45) is -1.01. The second kappa shape index (κ2) is 8.01. The summed E-state index contributed by atoms with van der Waals surface area (Å²) in [6.45, 7) is 3.78. The topological polar surface area (TPSA) is 84.9 Å². The molecule has 2 rings (SSSR count). The zero-order valence-corrected chi connectivity index (χ0v) is 13.5. The predicted octanol–water partition coefficient (Wildman–Crippen LogP) is 2.97. The molecule has 2 aromatic rings. The average molecular weight is 329 g/mol. The molecular weight excluding hydrogens is 310 g/mol. The number of phenols is 1. The maximum Gasteiger partial charge on any atom is 0.339 e. The van der Waals surface area contributed by atoms with Gasteiger partial charge in [0.1, 0.15) is 11.5 Å². The van der Waals surface area contributed by atoms with Crippen molar-refractivity contribution >= 4 is 17.6 Å². The largest absolute Gasteiger partial charge is 0.508 e. The normalized spacial score (nSPS) is 11.4. The van der Waals surface area contributed by atoms with Crippen molar-refractivity contribution in [2.24, 2.45) is 0 Å². The fourth-order valence-electron chi connectivity index (χ4n) is 2.00. The Morgan fingerprint density at radius 1 is 1.17 bits per heavy atom. The molecule has 0 radical (unpaired) electrons. The van der Waals surface area contributed by atoms with Crippen molar-refractivity contribution in [3.63, 3.8) is 0 Å². The molecule has 0 aliphatic carbocycles. The minimum absolute atomic E-state index is 0.0489. The lowest BCUT2D eigenvalue weighted by Crippen LogP contribution is -2.30. The van der Waals surface area contributed by atoms with Crippen LogP contribution in [0.3, 0.4) is 0 Å². The van der Waals surface area contributed by atoms with Crippen molar-refractivity contribution in [1.82, 2.24) is 0 Å². The smallest absolute Gasteiger partial charge is 0.339 e. The molecule has 126 valence electrons. The summed E-state index contributed by atoms with van der Waals surface area (Å²) in [7, 11) is 0. The van der Waals surface area contributed by atoms with Crippen LogP contribution in [0.25, 0.3) is 0 Å². The Labute approximate surface area is 140 Å². The summed E-state index contributed by atoms with van der Waals surface area (Å²) in [5, 5.41) is 12.1. The fraction of sp³-hybridized carbons (Fsp3) is 0.222. The molecule has 2 N–H and O–H groups in total. The third-order valence-corrected chi connectivity index (χ3v) is 3.18. The highest BCUT2D eigenvalue weighted by Crippen LogP contribution is 2.24. The number of esters is 1. The minimum Gasteiger partial charge on any atom is -0.508 e. The molecule has 0 spiro atoms. The van der Waals surface area contributed by atoms with Gasteiger partial charge in [-0.1, -0.05) is 18.2 Å². The number of aromatic hydroxyl groups is 1. The highest BCUT2D eigenvalue weighted by Gasteiger charge is 2.20. The maximum atomic E-state index is 12.2. The molecule has 6 heteroatoms. The summed E-state index contributed by atoms with van der Waals surface area (Å²) in [5.74, 6) is -0.672. The monoisotopic (exact) mass is 329 g/mol. The van der Waals surface area contributed by atoms with Gasteiger partial charge in [-0.3, -0.25) is 4.79 Å². The molecule has 6 nitrogen and oxygen atoms in total. The van der Waals surface area contributed by atoms with Crippen LogP contribution in [0.1, 0.15) is 24.2 Å². The van der Waals surface area contributed by atoms with Gasteiger partial charge in [-0.25, -0.2) is 4.79 Å². The number of hydrogen-bond donors (Lipinski definition) is 2. The van der Waals surface area contributed by atoms with Crippen LogP contribution in [0.2, 0.25) is 0 Å². The Hall–Kier alpha value is -3.02. The second-order valence-corrected chi connectivity index (χ2v) is 5.02. The van der Waals surface area contributed by atoms with Crippen molar-refractivity contribution in [2.75, 3.05) is 11.9 Å². The molecule has 0 saturated carbocycles. The fourth-order valence-corrected chi connectivity index (χ4v) is 2.00. The minimum atomic E-state index is -1.01. The number of phenolic OH excluding ortho intramolecular Hbond substituents is 1. The number of anilines is 1. The summed E-state index contributed by atoms with van der Waals surface area (Å²) < 4.78 is 10.6. The van der Waals surface area contributed by atoms with Gasteiger partial charge in [-0.05, 0) is 44.2 Å². The van der Waals surface area contributed by atoms with Gasteiger partial charge in [-0.2, -0.15) is 0 Å². The van der Waals surface area contributed by atoms with E-state index >= 15 is 0 Å². The van der Waals surface area contributed by atoms with Crippen LogP contribution in [0.5, 0.6) is 11.5 Å². The molecular formula is C18H19NO5. The molecule has 24 heavy (non-hydrogen) atoms. The SMILES string of the molecule is CCOc1ccccc1NC(=O)C(C)OC(=O)c1cccc(O)c1. The van der Waals surface area contributed by atoms with Crippen LogP contribution in [-0.4, -0.2) is 29.7 Å². The second-order valence-electron chi connectivity index (χ2n) is 5.02. The zero-order valence-electron chi connectivity index (χ0n) is 13.5. The van der Waals surface area contributed by atoms with E-state index in [9.17, 15) is 14.7 Å². The molecule has 1 unspecified atom stereocenters. The number of benzene rings is 2. The van der Waals surface area contributed by atoms with Crippen LogP contribution in [-0.2, 0) is 9.53 Å². The van der Waals surface area contributed by atoms with Gasteiger partial charge in [0.25, 0.3) is 5.91 Å². The van der Waals surface area contributed by atoms with Gasteiger partial charge >= 0.3 is 5.97 Å². The first-order chi connectivity index (χ1) is 11.5. The Bertz CT molecular complexity index is 729. The number of para-hydroxylation sites is 2. The third kappa shape index (κ3) is 4.49. The number of rotatable bonds is 6. The zero-order chi connectivity index (χ0) is 17.5. The summed E-state index contributed by atoms with van der Waals surface area (Å²) in [5.41, 5.74) is 0.675. The van der Waals surface area contributed by atoms with Crippen LogP contribution >= 0.6 is 0 Å². The van der Waals surface area contributed by atoms with Gasteiger partial charge < -0.3 is 19.9 Å². The van der Waals surface area contributed by atoms with E-state index in [4.69, 9.17) is 9.47 Å². The van der Waals surface area contributed by atoms with E-state index in [0.717, 1.165) is 0 Å². The van der Waals surface area contributed by atoms with Crippen molar-refractivity contribution in [3.8, 4) is 11.5 Å². The molecule has 1 atom stereocenters. The van der Waals surface area contributed by atoms with Crippen LogP contribution in [0.15, 0.2) is 48.5 Å². The molecule has 0 saturated heterocycles. The lowest BCUT2D eigenvalue weighted by atomic mass is 10.2. The van der Waals surface area contributed by atoms with E-state index < -0.39 is 18.0 Å². The number of amides is 1. The Kier molecular flexibility index (Phi) is 5.78. The van der Waals surface area contributed by atoms with Crippen LogP contribution < -0.4 is 10.1 Å². The first kappa shape index (κ1) is 17.3. The Balaban J connectivity index is 2.01. The first-order valence-electron chi connectivity index (χ1n) is 7.54. The molecule has 0 fully saturated rings. The Morgan fingerprint density at radius 2 is 1.92 bits per heavy atom. The van der Waals surface area contributed by atoms with E-state index in [1.165, 1.54) is 31.2 Å². The number of ether oxygens (including phenoxy) is 2. The van der Waals surface area contributed by atoms with E-state index in [0.29, 0.717) is 18.0 Å². The lowest BCUT2D eigenvalue weighted by molar-refractivity contribution is -0.123. The van der Waals surface area contributed by atoms with E-state index in [1.807, 2.05) is 6.92 Å². The number of carbonyl (C=O) groups excluding carboxylic acids is 2.